The number of nitrogens with zero attached hydrogens (tertiary/aromatic N) is 1. The van der Waals surface area contributed by atoms with Gasteiger partial charge in [0.05, 0.1) is 17.6 Å². The lowest BCUT2D eigenvalue weighted by Gasteiger charge is -2.34. The first-order valence-corrected chi connectivity index (χ1v) is 9.42. The average Bonchev–Trinajstić information content (AvgIpc) is 2.65. The number of halogens is 3. The third-order valence-electron chi connectivity index (χ3n) is 4.47. The quantitative estimate of drug-likeness (QED) is 0.745. The SMILES string of the molecule is COC(=O)[C@@H]1Cc2ccccc2CN1S(=O)(=O)c1ccc(C(F)(F)F)cc1. The van der Waals surface area contributed by atoms with Crippen LogP contribution in [0.4, 0.5) is 13.2 Å². The van der Waals surface area contributed by atoms with Crippen molar-refractivity contribution in [2.24, 2.45) is 0 Å². The molecule has 0 spiro atoms. The first-order chi connectivity index (χ1) is 12.6. The van der Waals surface area contributed by atoms with Crippen LogP contribution in [0.25, 0.3) is 0 Å². The summed E-state index contributed by atoms with van der Waals surface area (Å²) >= 11 is 0. The Morgan fingerprint density at radius 2 is 1.67 bits per heavy atom. The molecule has 0 radical (unpaired) electrons. The Balaban J connectivity index is 2.01. The summed E-state index contributed by atoms with van der Waals surface area (Å²) in [7, 11) is -3.05. The number of hydrogen-bond acceptors (Lipinski definition) is 4. The summed E-state index contributed by atoms with van der Waals surface area (Å²) in [6.07, 6.45) is -4.44. The molecule has 2 aromatic carbocycles. The lowest BCUT2D eigenvalue weighted by molar-refractivity contribution is -0.145. The summed E-state index contributed by atoms with van der Waals surface area (Å²) in [5.41, 5.74) is 0.606. The van der Waals surface area contributed by atoms with E-state index in [1.807, 2.05) is 0 Å². The summed E-state index contributed by atoms with van der Waals surface area (Å²) in [4.78, 5) is 11.9. The zero-order chi connectivity index (χ0) is 19.8. The molecule has 0 N–H and O–H groups in total. The van der Waals surface area contributed by atoms with Crippen molar-refractivity contribution in [3.05, 3.63) is 65.2 Å². The van der Waals surface area contributed by atoms with Crippen molar-refractivity contribution in [2.75, 3.05) is 7.11 Å². The summed E-state index contributed by atoms with van der Waals surface area (Å²) in [6, 6.07) is 9.20. The maximum atomic E-state index is 13.0. The molecular weight excluding hydrogens is 383 g/mol. The highest BCUT2D eigenvalue weighted by Crippen LogP contribution is 2.32. The van der Waals surface area contributed by atoms with E-state index in [2.05, 4.69) is 0 Å². The van der Waals surface area contributed by atoms with E-state index in [-0.39, 0.29) is 17.9 Å². The van der Waals surface area contributed by atoms with Gasteiger partial charge in [-0.15, -0.1) is 0 Å². The number of methoxy groups -OCH3 is 1. The molecule has 9 heteroatoms. The van der Waals surface area contributed by atoms with Gasteiger partial charge in [0.2, 0.25) is 10.0 Å². The number of esters is 1. The van der Waals surface area contributed by atoms with E-state index < -0.39 is 33.8 Å². The van der Waals surface area contributed by atoms with Gasteiger partial charge in [-0.1, -0.05) is 24.3 Å². The number of hydrogen-bond donors (Lipinski definition) is 0. The Hall–Kier alpha value is -2.39. The van der Waals surface area contributed by atoms with Gasteiger partial charge in [-0.2, -0.15) is 17.5 Å². The topological polar surface area (TPSA) is 63.7 Å². The maximum Gasteiger partial charge on any atom is 0.416 e. The molecule has 5 nitrogen and oxygen atoms in total. The van der Waals surface area contributed by atoms with Crippen molar-refractivity contribution in [1.29, 1.82) is 0 Å². The second kappa shape index (κ2) is 6.97. The molecule has 0 unspecified atom stereocenters. The first-order valence-electron chi connectivity index (χ1n) is 7.98. The van der Waals surface area contributed by atoms with Crippen LogP contribution >= 0.6 is 0 Å². The highest BCUT2D eigenvalue weighted by atomic mass is 32.2. The number of alkyl halides is 3. The van der Waals surface area contributed by atoms with Crippen molar-refractivity contribution >= 4 is 16.0 Å². The van der Waals surface area contributed by atoms with Crippen LogP contribution in [0.5, 0.6) is 0 Å². The molecule has 0 aliphatic carbocycles. The molecule has 1 heterocycles. The predicted octanol–water partition coefficient (Wildman–Crippen LogP) is 2.99. The zero-order valence-electron chi connectivity index (χ0n) is 14.2. The fraction of sp³-hybridized carbons (Fsp3) is 0.278. The van der Waals surface area contributed by atoms with Crippen LogP contribution < -0.4 is 0 Å². The van der Waals surface area contributed by atoms with Gasteiger partial charge in [-0.05, 0) is 35.4 Å². The third kappa shape index (κ3) is 3.70. The second-order valence-electron chi connectivity index (χ2n) is 6.08. The highest BCUT2D eigenvalue weighted by Gasteiger charge is 2.40. The number of ether oxygens (including phenoxy) is 1. The maximum absolute atomic E-state index is 13.0. The molecule has 2 aromatic rings. The number of fused-ring (bicyclic) bond motifs is 1. The summed E-state index contributed by atoms with van der Waals surface area (Å²) in [5.74, 6) is -0.722. The van der Waals surface area contributed by atoms with Crippen LogP contribution in [-0.4, -0.2) is 31.8 Å². The zero-order valence-corrected chi connectivity index (χ0v) is 15.0. The minimum Gasteiger partial charge on any atom is -0.468 e. The van der Waals surface area contributed by atoms with E-state index in [4.69, 9.17) is 4.74 Å². The van der Waals surface area contributed by atoms with E-state index in [0.29, 0.717) is 12.1 Å². The fourth-order valence-corrected chi connectivity index (χ4v) is 4.60. The Bertz CT molecular complexity index is 955. The van der Waals surface area contributed by atoms with Gasteiger partial charge in [-0.25, -0.2) is 8.42 Å². The first kappa shape index (κ1) is 19.4. The molecule has 0 saturated carbocycles. The Kier molecular flexibility index (Phi) is 5.00. The van der Waals surface area contributed by atoms with Gasteiger partial charge in [0.1, 0.15) is 6.04 Å². The lowest BCUT2D eigenvalue weighted by atomic mass is 9.96. The molecule has 0 aromatic heterocycles. The van der Waals surface area contributed by atoms with Gasteiger partial charge in [0.15, 0.2) is 0 Å². The van der Waals surface area contributed by atoms with Crippen LogP contribution in [0.15, 0.2) is 53.4 Å². The molecule has 0 saturated heterocycles. The number of carbonyl (C=O) groups excluding carboxylic acids is 1. The van der Waals surface area contributed by atoms with Crippen molar-refractivity contribution < 1.29 is 31.1 Å². The molecule has 1 aliphatic heterocycles. The van der Waals surface area contributed by atoms with Crippen molar-refractivity contribution in [2.45, 2.75) is 30.1 Å². The minimum atomic E-state index is -4.57. The number of rotatable bonds is 3. The van der Waals surface area contributed by atoms with E-state index in [0.717, 1.165) is 34.7 Å². The summed E-state index contributed by atoms with van der Waals surface area (Å²) in [6.45, 7) is -0.0701. The molecule has 0 bridgehead atoms. The largest absolute Gasteiger partial charge is 0.468 e. The fourth-order valence-electron chi connectivity index (χ4n) is 3.04. The summed E-state index contributed by atoms with van der Waals surface area (Å²) in [5, 5.41) is 0. The van der Waals surface area contributed by atoms with Gasteiger partial charge >= 0.3 is 12.1 Å². The van der Waals surface area contributed by atoms with E-state index in [1.165, 1.54) is 0 Å². The molecule has 144 valence electrons. The smallest absolute Gasteiger partial charge is 0.416 e. The normalized spacial score (nSPS) is 18.0. The van der Waals surface area contributed by atoms with Crippen LogP contribution in [0.2, 0.25) is 0 Å². The number of sulfonamides is 1. The van der Waals surface area contributed by atoms with Gasteiger partial charge < -0.3 is 4.74 Å². The molecular formula is C18H16F3NO4S. The Morgan fingerprint density at radius 1 is 1.07 bits per heavy atom. The van der Waals surface area contributed by atoms with Gasteiger partial charge in [-0.3, -0.25) is 4.79 Å². The standard InChI is InChI=1S/C18H16F3NO4S/c1-26-17(23)16-10-12-4-2-3-5-13(12)11-22(16)27(24,25)15-8-6-14(7-9-15)18(19,20)21/h2-9,16H,10-11H2,1H3/t16-/m0/s1. The minimum absolute atomic E-state index is 0.0701. The molecule has 0 amide bonds. The van der Waals surface area contributed by atoms with Crippen molar-refractivity contribution in [1.82, 2.24) is 4.31 Å². The monoisotopic (exact) mass is 399 g/mol. The molecule has 1 atom stereocenters. The number of carbonyl (C=O) groups is 1. The Labute approximate surface area is 154 Å². The molecule has 1 aliphatic rings. The second-order valence-corrected chi connectivity index (χ2v) is 7.97. The van der Waals surface area contributed by atoms with E-state index in [9.17, 15) is 26.4 Å². The highest BCUT2D eigenvalue weighted by molar-refractivity contribution is 7.89. The summed E-state index contributed by atoms with van der Waals surface area (Å²) < 4.78 is 69.9. The third-order valence-corrected chi connectivity index (χ3v) is 6.34. The van der Waals surface area contributed by atoms with Gasteiger partial charge in [0, 0.05) is 13.0 Å². The van der Waals surface area contributed by atoms with Crippen LogP contribution in [0.3, 0.4) is 0 Å². The van der Waals surface area contributed by atoms with E-state index >= 15 is 0 Å². The van der Waals surface area contributed by atoms with Crippen molar-refractivity contribution in [3.63, 3.8) is 0 Å². The van der Waals surface area contributed by atoms with Crippen LogP contribution in [0, 0.1) is 0 Å². The average molecular weight is 399 g/mol. The van der Waals surface area contributed by atoms with E-state index in [1.54, 1.807) is 24.3 Å². The number of benzene rings is 2. The molecule has 3 rings (SSSR count). The van der Waals surface area contributed by atoms with Crippen LogP contribution in [-0.2, 0) is 38.7 Å². The molecule has 27 heavy (non-hydrogen) atoms. The molecule has 0 fully saturated rings. The Morgan fingerprint density at radius 3 is 2.22 bits per heavy atom. The van der Waals surface area contributed by atoms with Crippen molar-refractivity contribution in [3.8, 4) is 0 Å². The lowest BCUT2D eigenvalue weighted by Crippen LogP contribution is -2.49. The van der Waals surface area contributed by atoms with Crippen LogP contribution in [0.1, 0.15) is 16.7 Å². The van der Waals surface area contributed by atoms with Gasteiger partial charge in [0.25, 0.3) is 0 Å². The predicted molar refractivity (Wildman–Crippen MR) is 90.1 cm³/mol.